The number of rotatable bonds is 9. The van der Waals surface area contributed by atoms with Crippen LogP contribution in [0.5, 0.6) is 0 Å². The first-order valence-electron chi connectivity index (χ1n) is 7.10. The van der Waals surface area contributed by atoms with Crippen LogP contribution in [-0.2, 0) is 0 Å². The molecule has 0 saturated carbocycles. The first-order chi connectivity index (χ1) is 7.10. The fraction of sp³-hybridized carbons (Fsp3) is 1.00. The van der Waals surface area contributed by atoms with Crippen molar-refractivity contribution < 1.29 is 0 Å². The molecule has 0 bridgehead atoms. The highest BCUT2D eigenvalue weighted by Gasteiger charge is 2.11. The maximum Gasteiger partial charge on any atom is -0.0412 e. The third-order valence-electron chi connectivity index (χ3n) is 3.54. The van der Waals surface area contributed by atoms with Crippen LogP contribution in [0, 0.1) is 17.8 Å². The minimum absolute atomic E-state index is 0.879. The maximum absolute atomic E-state index is 2.40. The normalized spacial score (nSPS) is 15.6. The lowest BCUT2D eigenvalue weighted by molar-refractivity contribution is 0.323. The van der Waals surface area contributed by atoms with Gasteiger partial charge in [-0.05, 0) is 24.2 Å². The number of hydrogen-bond donors (Lipinski definition) is 0. The maximum atomic E-state index is 2.40. The molecule has 0 aliphatic carbocycles. The Morgan fingerprint density at radius 3 is 2.00 bits per heavy atom. The smallest absolute Gasteiger partial charge is 0.0412 e. The van der Waals surface area contributed by atoms with Gasteiger partial charge in [-0.3, -0.25) is 0 Å². The number of unbranched alkanes of at least 4 members (excludes halogenated alkanes) is 1. The van der Waals surface area contributed by atoms with E-state index in [1.807, 2.05) is 0 Å². The van der Waals surface area contributed by atoms with Crippen LogP contribution in [-0.4, -0.2) is 0 Å². The predicted octanol–water partition coefficient (Wildman–Crippen LogP) is 5.67. The Hall–Kier alpha value is 0. The van der Waals surface area contributed by atoms with Crippen LogP contribution in [0.4, 0.5) is 0 Å². The van der Waals surface area contributed by atoms with Gasteiger partial charge in [0.1, 0.15) is 0 Å². The van der Waals surface area contributed by atoms with Crippen LogP contribution in [0.3, 0.4) is 0 Å². The molecule has 0 heterocycles. The standard InChI is InChI=1S/C15H32/c1-6-8-9-15(12-13(3)4)11-10-14(5)7-2/h13-15H,6-12H2,1-5H3. The molecule has 0 heteroatoms. The van der Waals surface area contributed by atoms with E-state index in [2.05, 4.69) is 34.6 Å². The lowest BCUT2D eigenvalue weighted by atomic mass is 9.86. The SMILES string of the molecule is CCCCC(CCC(C)CC)CC(C)C. The van der Waals surface area contributed by atoms with E-state index in [1.54, 1.807) is 0 Å². The predicted molar refractivity (Wildman–Crippen MR) is 71.2 cm³/mol. The summed E-state index contributed by atoms with van der Waals surface area (Å²) in [5.74, 6) is 2.81. The molecule has 0 saturated heterocycles. The minimum atomic E-state index is 0.879. The fourth-order valence-electron chi connectivity index (χ4n) is 2.26. The van der Waals surface area contributed by atoms with Gasteiger partial charge in [-0.1, -0.05) is 73.1 Å². The highest BCUT2D eigenvalue weighted by atomic mass is 14.2. The molecule has 0 aromatic rings. The van der Waals surface area contributed by atoms with Crippen molar-refractivity contribution in [1.29, 1.82) is 0 Å². The lowest BCUT2D eigenvalue weighted by Crippen LogP contribution is -2.07. The summed E-state index contributed by atoms with van der Waals surface area (Å²) in [4.78, 5) is 0. The Morgan fingerprint density at radius 2 is 1.53 bits per heavy atom. The van der Waals surface area contributed by atoms with E-state index in [-0.39, 0.29) is 0 Å². The largest absolute Gasteiger partial charge is 0.0654 e. The molecule has 0 amide bonds. The quantitative estimate of drug-likeness (QED) is 0.462. The van der Waals surface area contributed by atoms with Gasteiger partial charge in [0, 0.05) is 0 Å². The zero-order valence-corrected chi connectivity index (χ0v) is 11.7. The molecule has 0 radical (unpaired) electrons. The molecule has 0 aliphatic rings. The molecular formula is C15H32. The van der Waals surface area contributed by atoms with Gasteiger partial charge in [0.05, 0.1) is 0 Å². The molecule has 0 rings (SSSR count). The molecular weight excluding hydrogens is 180 g/mol. The molecule has 0 fully saturated rings. The van der Waals surface area contributed by atoms with E-state index in [4.69, 9.17) is 0 Å². The van der Waals surface area contributed by atoms with Crippen LogP contribution in [0.2, 0.25) is 0 Å². The zero-order valence-electron chi connectivity index (χ0n) is 11.7. The van der Waals surface area contributed by atoms with Crippen LogP contribution < -0.4 is 0 Å². The molecule has 0 aliphatic heterocycles. The minimum Gasteiger partial charge on any atom is -0.0654 e. The van der Waals surface area contributed by atoms with Crippen molar-refractivity contribution in [3.63, 3.8) is 0 Å². The van der Waals surface area contributed by atoms with Crippen molar-refractivity contribution in [3.8, 4) is 0 Å². The van der Waals surface area contributed by atoms with E-state index >= 15 is 0 Å². The van der Waals surface area contributed by atoms with Crippen LogP contribution in [0.25, 0.3) is 0 Å². The molecule has 0 aromatic carbocycles. The Balaban J connectivity index is 3.78. The summed E-state index contributed by atoms with van der Waals surface area (Å²) < 4.78 is 0. The summed E-state index contributed by atoms with van der Waals surface area (Å²) >= 11 is 0. The van der Waals surface area contributed by atoms with Gasteiger partial charge < -0.3 is 0 Å². The van der Waals surface area contributed by atoms with Crippen molar-refractivity contribution in [1.82, 2.24) is 0 Å². The average molecular weight is 212 g/mol. The van der Waals surface area contributed by atoms with Crippen LogP contribution in [0.1, 0.15) is 79.6 Å². The van der Waals surface area contributed by atoms with Crippen molar-refractivity contribution in [2.24, 2.45) is 17.8 Å². The highest BCUT2D eigenvalue weighted by Crippen LogP contribution is 2.25. The molecule has 2 atom stereocenters. The molecule has 0 N–H and O–H groups in total. The third kappa shape index (κ3) is 8.96. The Labute approximate surface area is 97.8 Å². The second-order valence-electron chi connectivity index (χ2n) is 5.73. The van der Waals surface area contributed by atoms with Gasteiger partial charge >= 0.3 is 0 Å². The second-order valence-corrected chi connectivity index (χ2v) is 5.73. The summed E-state index contributed by atoms with van der Waals surface area (Å²) in [7, 11) is 0. The molecule has 92 valence electrons. The molecule has 0 nitrogen and oxygen atoms in total. The summed E-state index contributed by atoms with van der Waals surface area (Å²) in [6.45, 7) is 11.7. The van der Waals surface area contributed by atoms with Gasteiger partial charge in [-0.25, -0.2) is 0 Å². The summed E-state index contributed by atoms with van der Waals surface area (Å²) in [5, 5.41) is 0. The Bertz CT molecular complexity index is 126. The average Bonchev–Trinajstić information content (AvgIpc) is 2.20. The summed E-state index contributed by atoms with van der Waals surface area (Å²) in [6, 6.07) is 0. The molecule has 0 spiro atoms. The van der Waals surface area contributed by atoms with Crippen molar-refractivity contribution in [2.75, 3.05) is 0 Å². The first kappa shape index (κ1) is 15.0. The Kier molecular flexibility index (Phi) is 9.24. The topological polar surface area (TPSA) is 0 Å². The van der Waals surface area contributed by atoms with Crippen molar-refractivity contribution in [2.45, 2.75) is 79.6 Å². The van der Waals surface area contributed by atoms with E-state index < -0.39 is 0 Å². The second kappa shape index (κ2) is 9.24. The van der Waals surface area contributed by atoms with Crippen LogP contribution >= 0.6 is 0 Å². The van der Waals surface area contributed by atoms with Crippen molar-refractivity contribution >= 4 is 0 Å². The van der Waals surface area contributed by atoms with E-state index in [9.17, 15) is 0 Å². The third-order valence-corrected chi connectivity index (χ3v) is 3.54. The molecule has 15 heavy (non-hydrogen) atoms. The summed E-state index contributed by atoms with van der Waals surface area (Å²) in [6.07, 6.45) is 9.95. The fourth-order valence-corrected chi connectivity index (χ4v) is 2.26. The summed E-state index contributed by atoms with van der Waals surface area (Å²) in [5.41, 5.74) is 0. The zero-order chi connectivity index (χ0) is 11.7. The van der Waals surface area contributed by atoms with Crippen molar-refractivity contribution in [3.05, 3.63) is 0 Å². The van der Waals surface area contributed by atoms with Gasteiger partial charge in [-0.15, -0.1) is 0 Å². The van der Waals surface area contributed by atoms with E-state index in [0.29, 0.717) is 0 Å². The van der Waals surface area contributed by atoms with Gasteiger partial charge in [0.15, 0.2) is 0 Å². The molecule has 0 aromatic heterocycles. The molecule has 2 unspecified atom stereocenters. The van der Waals surface area contributed by atoms with E-state index in [1.165, 1.54) is 44.9 Å². The first-order valence-corrected chi connectivity index (χ1v) is 7.10. The van der Waals surface area contributed by atoms with Gasteiger partial charge in [0.25, 0.3) is 0 Å². The van der Waals surface area contributed by atoms with Gasteiger partial charge in [-0.2, -0.15) is 0 Å². The van der Waals surface area contributed by atoms with Gasteiger partial charge in [0.2, 0.25) is 0 Å². The lowest BCUT2D eigenvalue weighted by Gasteiger charge is -2.20. The number of hydrogen-bond acceptors (Lipinski definition) is 0. The van der Waals surface area contributed by atoms with E-state index in [0.717, 1.165) is 17.8 Å². The Morgan fingerprint density at radius 1 is 0.867 bits per heavy atom. The monoisotopic (exact) mass is 212 g/mol. The highest BCUT2D eigenvalue weighted by molar-refractivity contribution is 4.64. The van der Waals surface area contributed by atoms with Crippen LogP contribution in [0.15, 0.2) is 0 Å².